The highest BCUT2D eigenvalue weighted by atomic mass is 35.5. The number of benzene rings is 1. The Morgan fingerprint density at radius 3 is 2.33 bits per heavy atom. The van der Waals surface area contributed by atoms with E-state index in [9.17, 15) is 18.0 Å². The highest BCUT2D eigenvalue weighted by Gasteiger charge is 2.30. The second kappa shape index (κ2) is 7.69. The fraction of sp³-hybridized carbons (Fsp3) is 0.429. The number of hydrogen-bond donors (Lipinski definition) is 3. The third kappa shape index (κ3) is 5.07. The maximum atomic E-state index is 12.3. The zero-order chi connectivity index (χ0) is 17.9. The maximum absolute atomic E-state index is 12.3. The predicted molar refractivity (Wildman–Crippen MR) is 90.8 cm³/mol. The molecule has 1 aliphatic rings. The van der Waals surface area contributed by atoms with Crippen LogP contribution < -0.4 is 15.4 Å². The molecule has 1 aromatic rings. The first-order valence-electron chi connectivity index (χ1n) is 7.24. The van der Waals surface area contributed by atoms with E-state index < -0.39 is 15.9 Å². The Bertz CT molecular complexity index is 764. The zero-order valence-corrected chi connectivity index (χ0v) is 15.2. The summed E-state index contributed by atoms with van der Waals surface area (Å²) in [6.45, 7) is 1.79. The molecular weight excluding hydrogens is 377 g/mol. The fourth-order valence-electron chi connectivity index (χ4n) is 1.90. The first-order chi connectivity index (χ1) is 11.2. The molecule has 1 aromatic carbocycles. The molecule has 0 bridgehead atoms. The summed E-state index contributed by atoms with van der Waals surface area (Å²) in [7, 11) is -3.81. The minimum atomic E-state index is -3.81. The lowest BCUT2D eigenvalue weighted by Gasteiger charge is -2.12. The van der Waals surface area contributed by atoms with Crippen molar-refractivity contribution in [3.8, 4) is 0 Å². The van der Waals surface area contributed by atoms with E-state index in [1.165, 1.54) is 13.0 Å². The number of rotatable bonds is 7. The van der Waals surface area contributed by atoms with E-state index in [0.717, 1.165) is 18.9 Å². The van der Waals surface area contributed by atoms with Crippen molar-refractivity contribution in [3.63, 3.8) is 0 Å². The second-order valence-corrected chi connectivity index (χ2v) is 7.89. The van der Waals surface area contributed by atoms with Crippen molar-refractivity contribution >= 4 is 45.0 Å². The monoisotopic (exact) mass is 393 g/mol. The van der Waals surface area contributed by atoms with E-state index in [1.807, 2.05) is 0 Å². The van der Waals surface area contributed by atoms with Crippen LogP contribution in [0.1, 0.15) is 30.1 Å². The van der Waals surface area contributed by atoms with Crippen LogP contribution in [-0.2, 0) is 14.8 Å². The third-order valence-electron chi connectivity index (χ3n) is 3.24. The number of hydrogen-bond acceptors (Lipinski definition) is 4. The molecule has 2 rings (SSSR count). The molecule has 0 aromatic heterocycles. The molecule has 0 spiro atoms. The van der Waals surface area contributed by atoms with Crippen molar-refractivity contribution in [2.75, 3.05) is 13.1 Å². The molecule has 0 saturated heterocycles. The molecule has 0 atom stereocenters. The van der Waals surface area contributed by atoms with Crippen molar-refractivity contribution in [2.45, 2.75) is 30.7 Å². The Kier molecular flexibility index (Phi) is 6.08. The summed E-state index contributed by atoms with van der Waals surface area (Å²) in [5, 5.41) is 5.07. The van der Waals surface area contributed by atoms with Gasteiger partial charge in [0.1, 0.15) is 4.90 Å². The maximum Gasteiger partial charge on any atom is 0.252 e. The zero-order valence-electron chi connectivity index (χ0n) is 12.9. The molecule has 2 amide bonds. The summed E-state index contributed by atoms with van der Waals surface area (Å²) in [4.78, 5) is 22.7. The van der Waals surface area contributed by atoms with Crippen LogP contribution in [0, 0.1) is 0 Å². The molecule has 7 nitrogen and oxygen atoms in total. The highest BCUT2D eigenvalue weighted by Crippen LogP contribution is 2.30. The van der Waals surface area contributed by atoms with Gasteiger partial charge in [-0.05, 0) is 25.0 Å². The number of nitrogens with one attached hydrogen (secondary N) is 3. The van der Waals surface area contributed by atoms with Gasteiger partial charge in [-0.1, -0.05) is 23.2 Å². The summed E-state index contributed by atoms with van der Waals surface area (Å²) in [5.74, 6) is -0.766. The summed E-state index contributed by atoms with van der Waals surface area (Å²) in [5.41, 5.74) is 0.0000589. The van der Waals surface area contributed by atoms with E-state index in [-0.39, 0.29) is 45.5 Å². The van der Waals surface area contributed by atoms with Crippen LogP contribution in [0.3, 0.4) is 0 Å². The number of sulfonamides is 1. The van der Waals surface area contributed by atoms with E-state index >= 15 is 0 Å². The van der Waals surface area contributed by atoms with Gasteiger partial charge in [0.2, 0.25) is 15.9 Å². The van der Waals surface area contributed by atoms with Crippen LogP contribution in [-0.4, -0.2) is 39.4 Å². The van der Waals surface area contributed by atoms with Crippen molar-refractivity contribution in [2.24, 2.45) is 0 Å². The standard InChI is InChI=1S/C14H17Cl2N3O4S/c1-8(20)17-4-5-18-14(21)10-6-13(12(16)7-11(10)15)24(22,23)19-9-2-3-9/h6-7,9,19H,2-5H2,1H3,(H,17,20)(H,18,21). The Labute approximate surface area is 150 Å². The lowest BCUT2D eigenvalue weighted by atomic mass is 10.2. The fourth-order valence-corrected chi connectivity index (χ4v) is 4.07. The van der Waals surface area contributed by atoms with Crippen molar-refractivity contribution in [1.29, 1.82) is 0 Å². The largest absolute Gasteiger partial charge is 0.355 e. The summed E-state index contributed by atoms with van der Waals surface area (Å²) in [6, 6.07) is 2.30. The van der Waals surface area contributed by atoms with Gasteiger partial charge in [0, 0.05) is 26.1 Å². The Balaban J connectivity index is 2.16. The van der Waals surface area contributed by atoms with Gasteiger partial charge in [0.15, 0.2) is 0 Å². The summed E-state index contributed by atoms with van der Waals surface area (Å²) < 4.78 is 27.1. The van der Waals surface area contributed by atoms with E-state index in [2.05, 4.69) is 15.4 Å². The molecule has 0 radical (unpaired) electrons. The van der Waals surface area contributed by atoms with Gasteiger partial charge in [-0.25, -0.2) is 13.1 Å². The van der Waals surface area contributed by atoms with Crippen molar-refractivity contribution < 1.29 is 18.0 Å². The Morgan fingerprint density at radius 2 is 1.75 bits per heavy atom. The molecule has 132 valence electrons. The smallest absolute Gasteiger partial charge is 0.252 e. The minimum absolute atomic E-state index is 0.0000589. The van der Waals surface area contributed by atoms with Crippen LogP contribution in [0.5, 0.6) is 0 Å². The predicted octanol–water partition coefficient (Wildman–Crippen LogP) is 1.30. The van der Waals surface area contributed by atoms with Crippen LogP contribution in [0.15, 0.2) is 17.0 Å². The topological polar surface area (TPSA) is 104 Å². The van der Waals surface area contributed by atoms with E-state index in [4.69, 9.17) is 23.2 Å². The molecule has 0 unspecified atom stereocenters. The quantitative estimate of drug-likeness (QED) is 0.607. The molecule has 10 heteroatoms. The first kappa shape index (κ1) is 19.0. The molecule has 1 aliphatic carbocycles. The number of halogens is 2. The van der Waals surface area contributed by atoms with Gasteiger partial charge >= 0.3 is 0 Å². The van der Waals surface area contributed by atoms with Gasteiger partial charge in [-0.3, -0.25) is 9.59 Å². The number of carbonyl (C=O) groups excluding carboxylic acids is 2. The molecule has 24 heavy (non-hydrogen) atoms. The van der Waals surface area contributed by atoms with E-state index in [1.54, 1.807) is 0 Å². The van der Waals surface area contributed by atoms with Crippen LogP contribution >= 0.6 is 23.2 Å². The molecule has 1 fully saturated rings. The lowest BCUT2D eigenvalue weighted by Crippen LogP contribution is -2.34. The van der Waals surface area contributed by atoms with Crippen molar-refractivity contribution in [1.82, 2.24) is 15.4 Å². The van der Waals surface area contributed by atoms with Gasteiger partial charge in [-0.2, -0.15) is 0 Å². The molecule has 3 N–H and O–H groups in total. The average molecular weight is 394 g/mol. The van der Waals surface area contributed by atoms with Crippen LogP contribution in [0.4, 0.5) is 0 Å². The molecular formula is C14H17Cl2N3O4S. The molecule has 1 saturated carbocycles. The normalized spacial score (nSPS) is 14.3. The second-order valence-electron chi connectivity index (χ2n) is 5.40. The number of amides is 2. The molecule has 0 aliphatic heterocycles. The highest BCUT2D eigenvalue weighted by molar-refractivity contribution is 7.89. The SMILES string of the molecule is CC(=O)NCCNC(=O)c1cc(S(=O)(=O)NC2CC2)c(Cl)cc1Cl. The lowest BCUT2D eigenvalue weighted by molar-refractivity contribution is -0.118. The van der Waals surface area contributed by atoms with Crippen LogP contribution in [0.25, 0.3) is 0 Å². The first-order valence-corrected chi connectivity index (χ1v) is 9.48. The Hall–Kier alpha value is -1.35. The third-order valence-corrected chi connectivity index (χ3v) is 5.54. The minimum Gasteiger partial charge on any atom is -0.355 e. The van der Waals surface area contributed by atoms with Gasteiger partial charge in [0.05, 0.1) is 15.6 Å². The molecule has 0 heterocycles. The van der Waals surface area contributed by atoms with Crippen molar-refractivity contribution in [3.05, 3.63) is 27.7 Å². The van der Waals surface area contributed by atoms with Crippen LogP contribution in [0.2, 0.25) is 10.0 Å². The number of carbonyl (C=O) groups is 2. The summed E-state index contributed by atoms with van der Waals surface area (Å²) in [6.07, 6.45) is 1.56. The summed E-state index contributed by atoms with van der Waals surface area (Å²) >= 11 is 12.0. The van der Waals surface area contributed by atoms with Gasteiger partial charge < -0.3 is 10.6 Å². The van der Waals surface area contributed by atoms with Gasteiger partial charge in [-0.15, -0.1) is 0 Å². The average Bonchev–Trinajstić information content (AvgIpc) is 3.26. The van der Waals surface area contributed by atoms with Gasteiger partial charge in [0.25, 0.3) is 5.91 Å². The van der Waals surface area contributed by atoms with E-state index in [0.29, 0.717) is 0 Å². The Morgan fingerprint density at radius 1 is 1.12 bits per heavy atom.